The van der Waals surface area contributed by atoms with Crippen molar-refractivity contribution in [2.45, 2.75) is 39.0 Å². The van der Waals surface area contributed by atoms with Crippen molar-refractivity contribution in [1.29, 1.82) is 0 Å². The zero-order chi connectivity index (χ0) is 19.5. The molecule has 7 heteroatoms. The highest BCUT2D eigenvalue weighted by atomic mass is 32.1. The zero-order valence-corrected chi connectivity index (χ0v) is 17.0. The lowest BCUT2D eigenvalue weighted by molar-refractivity contribution is 0.334. The summed E-state index contributed by atoms with van der Waals surface area (Å²) in [4.78, 5) is 9.18. The van der Waals surface area contributed by atoms with E-state index in [-0.39, 0.29) is 11.2 Å². The Labute approximate surface area is 166 Å². The summed E-state index contributed by atoms with van der Waals surface area (Å²) < 4.78 is 17.6. The van der Waals surface area contributed by atoms with Gasteiger partial charge in [0.15, 0.2) is 11.5 Å². The standard InChI is InChI=1S/C21H22FN5S/c1-12-8-16(26-27-11-13(2)24-19(12)27)14-9-15(22)18-17(10-14)28-20(25-18)21(3)4-6-23-7-5-21/h8-11,23H,4-7H2,1-3H3. The molecular weight excluding hydrogens is 373 g/mol. The molecule has 0 unspecified atom stereocenters. The number of aryl methyl sites for hydroxylation is 2. The smallest absolute Gasteiger partial charge is 0.156 e. The molecule has 0 bridgehead atoms. The molecule has 4 aromatic rings. The maximum Gasteiger partial charge on any atom is 0.156 e. The lowest BCUT2D eigenvalue weighted by Gasteiger charge is -2.31. The van der Waals surface area contributed by atoms with Gasteiger partial charge in [-0.1, -0.05) is 6.92 Å². The van der Waals surface area contributed by atoms with E-state index in [2.05, 4.69) is 22.3 Å². The van der Waals surface area contributed by atoms with Gasteiger partial charge in [-0.15, -0.1) is 11.3 Å². The van der Waals surface area contributed by atoms with Gasteiger partial charge in [0.05, 0.1) is 27.3 Å². The molecule has 28 heavy (non-hydrogen) atoms. The molecule has 0 radical (unpaired) electrons. The fourth-order valence-electron chi connectivity index (χ4n) is 3.97. The summed E-state index contributed by atoms with van der Waals surface area (Å²) >= 11 is 1.61. The minimum Gasteiger partial charge on any atom is -0.317 e. The van der Waals surface area contributed by atoms with Gasteiger partial charge in [-0.3, -0.25) is 0 Å². The molecule has 4 heterocycles. The molecule has 0 saturated carbocycles. The molecule has 0 aliphatic carbocycles. The normalized spacial score (nSPS) is 16.9. The Balaban J connectivity index is 1.63. The van der Waals surface area contributed by atoms with Gasteiger partial charge in [0, 0.05) is 11.0 Å². The van der Waals surface area contributed by atoms with Crippen LogP contribution in [0.15, 0.2) is 24.4 Å². The number of hydrogen-bond donors (Lipinski definition) is 1. The lowest BCUT2D eigenvalue weighted by Crippen LogP contribution is -2.37. The number of nitrogens with one attached hydrogen (secondary N) is 1. The van der Waals surface area contributed by atoms with Gasteiger partial charge in [0.1, 0.15) is 5.52 Å². The minimum atomic E-state index is -0.283. The fourth-order valence-corrected chi connectivity index (χ4v) is 5.19. The van der Waals surface area contributed by atoms with Crippen LogP contribution < -0.4 is 5.32 Å². The first-order valence-electron chi connectivity index (χ1n) is 9.58. The van der Waals surface area contributed by atoms with Crippen LogP contribution in [-0.4, -0.2) is 32.7 Å². The molecule has 0 atom stereocenters. The van der Waals surface area contributed by atoms with Crippen LogP contribution >= 0.6 is 11.3 Å². The number of fused-ring (bicyclic) bond motifs is 2. The van der Waals surface area contributed by atoms with Crippen LogP contribution in [0.3, 0.4) is 0 Å². The number of piperidine rings is 1. The Hall–Kier alpha value is -2.38. The first-order chi connectivity index (χ1) is 13.4. The molecular formula is C21H22FN5S. The van der Waals surface area contributed by atoms with Crippen molar-refractivity contribution in [3.63, 3.8) is 0 Å². The maximum absolute atomic E-state index is 14.9. The van der Waals surface area contributed by atoms with E-state index in [1.807, 2.05) is 32.2 Å². The van der Waals surface area contributed by atoms with Crippen LogP contribution in [0.1, 0.15) is 36.0 Å². The summed E-state index contributed by atoms with van der Waals surface area (Å²) in [5.41, 5.74) is 4.77. The summed E-state index contributed by atoms with van der Waals surface area (Å²) in [6, 6.07) is 5.54. The van der Waals surface area contributed by atoms with Crippen LogP contribution in [0.2, 0.25) is 0 Å². The van der Waals surface area contributed by atoms with Crippen LogP contribution in [0.5, 0.6) is 0 Å². The monoisotopic (exact) mass is 395 g/mol. The molecule has 5 rings (SSSR count). The summed E-state index contributed by atoms with van der Waals surface area (Å²) in [6.07, 6.45) is 3.95. The second-order valence-electron chi connectivity index (χ2n) is 8.00. The number of aromatic nitrogens is 4. The van der Waals surface area contributed by atoms with Gasteiger partial charge < -0.3 is 5.32 Å². The van der Waals surface area contributed by atoms with E-state index in [1.165, 1.54) is 0 Å². The minimum absolute atomic E-state index is 0.0175. The zero-order valence-electron chi connectivity index (χ0n) is 16.2. The number of benzene rings is 1. The Bertz CT molecular complexity index is 1200. The molecule has 0 amide bonds. The molecule has 1 fully saturated rings. The van der Waals surface area contributed by atoms with Gasteiger partial charge in [-0.25, -0.2) is 18.9 Å². The summed E-state index contributed by atoms with van der Waals surface area (Å²) in [7, 11) is 0. The first-order valence-corrected chi connectivity index (χ1v) is 10.4. The summed E-state index contributed by atoms with van der Waals surface area (Å²) in [5, 5.41) is 9.08. The SMILES string of the molecule is Cc1cn2nc(-c3cc(F)c4nc(C5(C)CCNCC5)sc4c3)cc(C)c2n1. The van der Waals surface area contributed by atoms with Crippen molar-refractivity contribution < 1.29 is 4.39 Å². The van der Waals surface area contributed by atoms with E-state index in [0.717, 1.165) is 63.8 Å². The van der Waals surface area contributed by atoms with Crippen LogP contribution in [-0.2, 0) is 5.41 Å². The molecule has 3 aromatic heterocycles. The number of thiazole rings is 1. The van der Waals surface area contributed by atoms with Crippen LogP contribution in [0.4, 0.5) is 4.39 Å². The van der Waals surface area contributed by atoms with E-state index < -0.39 is 0 Å². The third-order valence-corrected chi connectivity index (χ3v) is 7.01. The summed E-state index contributed by atoms with van der Waals surface area (Å²) in [6.45, 7) is 8.15. The molecule has 144 valence electrons. The Morgan fingerprint density at radius 1 is 1.14 bits per heavy atom. The van der Waals surface area contributed by atoms with Crippen LogP contribution in [0, 0.1) is 19.7 Å². The number of halogens is 1. The second-order valence-corrected chi connectivity index (χ2v) is 9.03. The van der Waals surface area contributed by atoms with Gasteiger partial charge in [-0.2, -0.15) is 5.10 Å². The predicted molar refractivity (Wildman–Crippen MR) is 110 cm³/mol. The van der Waals surface area contributed by atoms with Gasteiger partial charge in [0.25, 0.3) is 0 Å². The third kappa shape index (κ3) is 2.81. The highest BCUT2D eigenvalue weighted by Crippen LogP contribution is 2.39. The Morgan fingerprint density at radius 3 is 2.71 bits per heavy atom. The number of hydrogen-bond acceptors (Lipinski definition) is 5. The maximum atomic E-state index is 14.9. The molecule has 1 aliphatic heterocycles. The van der Waals surface area contributed by atoms with Crippen molar-refractivity contribution in [1.82, 2.24) is 24.9 Å². The largest absolute Gasteiger partial charge is 0.317 e. The second kappa shape index (κ2) is 6.32. The number of nitrogens with zero attached hydrogens (tertiary/aromatic N) is 4. The van der Waals surface area contributed by atoms with E-state index >= 15 is 0 Å². The van der Waals surface area contributed by atoms with Crippen molar-refractivity contribution in [3.8, 4) is 11.3 Å². The molecule has 0 spiro atoms. The average molecular weight is 396 g/mol. The third-order valence-electron chi connectivity index (χ3n) is 5.70. The van der Waals surface area contributed by atoms with E-state index in [0.29, 0.717) is 5.52 Å². The molecule has 1 saturated heterocycles. The number of rotatable bonds is 2. The highest BCUT2D eigenvalue weighted by Gasteiger charge is 2.32. The average Bonchev–Trinajstić information content (AvgIpc) is 3.26. The van der Waals surface area contributed by atoms with Gasteiger partial charge >= 0.3 is 0 Å². The Morgan fingerprint density at radius 2 is 1.93 bits per heavy atom. The quantitative estimate of drug-likeness (QED) is 0.546. The molecule has 1 aliphatic rings. The molecule has 5 nitrogen and oxygen atoms in total. The van der Waals surface area contributed by atoms with Crippen LogP contribution in [0.25, 0.3) is 27.1 Å². The van der Waals surface area contributed by atoms with Crippen molar-refractivity contribution in [3.05, 3.63) is 46.5 Å². The van der Waals surface area contributed by atoms with Gasteiger partial charge in [-0.05, 0) is 63.5 Å². The molecule has 1 aromatic carbocycles. The number of imidazole rings is 1. The predicted octanol–water partition coefficient (Wildman–Crippen LogP) is 4.40. The highest BCUT2D eigenvalue weighted by molar-refractivity contribution is 7.18. The summed E-state index contributed by atoms with van der Waals surface area (Å²) in [5.74, 6) is -0.283. The van der Waals surface area contributed by atoms with E-state index in [4.69, 9.17) is 4.98 Å². The lowest BCUT2D eigenvalue weighted by atomic mass is 9.82. The van der Waals surface area contributed by atoms with E-state index in [9.17, 15) is 4.39 Å². The molecule has 1 N–H and O–H groups in total. The van der Waals surface area contributed by atoms with Crippen molar-refractivity contribution >= 4 is 27.2 Å². The Kier molecular flexibility index (Phi) is 4.00. The van der Waals surface area contributed by atoms with Gasteiger partial charge in [0.2, 0.25) is 0 Å². The van der Waals surface area contributed by atoms with Crippen molar-refractivity contribution in [2.24, 2.45) is 0 Å². The fraction of sp³-hybridized carbons (Fsp3) is 0.381. The topological polar surface area (TPSA) is 55.1 Å². The van der Waals surface area contributed by atoms with E-state index in [1.54, 1.807) is 21.9 Å². The van der Waals surface area contributed by atoms with Crippen molar-refractivity contribution in [2.75, 3.05) is 13.1 Å². The first kappa shape index (κ1) is 17.7.